The molecule has 1 unspecified atom stereocenters. The number of aryl methyl sites for hydroxylation is 3. The van der Waals surface area contributed by atoms with Gasteiger partial charge in [-0.3, -0.25) is 0 Å². The maximum absolute atomic E-state index is 6.59. The summed E-state index contributed by atoms with van der Waals surface area (Å²) >= 11 is 0. The normalized spacial score (nSPS) is 12.4. The van der Waals surface area contributed by atoms with Crippen molar-refractivity contribution < 1.29 is 0 Å². The summed E-state index contributed by atoms with van der Waals surface area (Å²) in [5.41, 5.74) is 14.4. The molecule has 2 aromatic carbocycles. The highest BCUT2D eigenvalue weighted by Crippen LogP contribution is 2.28. The van der Waals surface area contributed by atoms with Crippen LogP contribution in [0.15, 0.2) is 36.4 Å². The molecule has 2 rings (SSSR count). The maximum Gasteiger partial charge on any atom is 0.0557 e. The van der Waals surface area contributed by atoms with Gasteiger partial charge in [0.05, 0.1) is 6.04 Å². The van der Waals surface area contributed by atoms with Gasteiger partial charge in [0.25, 0.3) is 0 Å². The second kappa shape index (κ2) is 6.23. The molecule has 0 aliphatic carbocycles. The average Bonchev–Trinajstić information content (AvgIpc) is 2.48. The van der Waals surface area contributed by atoms with E-state index in [9.17, 15) is 0 Å². The molecule has 0 radical (unpaired) electrons. The van der Waals surface area contributed by atoms with E-state index in [1.165, 1.54) is 33.4 Å². The zero-order valence-electron chi connectivity index (χ0n) is 13.0. The fourth-order valence-electron chi connectivity index (χ4n) is 2.75. The third-order valence-electron chi connectivity index (χ3n) is 4.32. The van der Waals surface area contributed by atoms with Crippen LogP contribution >= 0.6 is 0 Å². The van der Waals surface area contributed by atoms with Crippen LogP contribution in [-0.2, 0) is 12.8 Å². The number of nitrogens with two attached hydrogens (primary N) is 1. The fourth-order valence-corrected chi connectivity index (χ4v) is 2.75. The molecule has 2 aromatic rings. The average molecular weight is 267 g/mol. The monoisotopic (exact) mass is 267 g/mol. The van der Waals surface area contributed by atoms with Crippen molar-refractivity contribution in [3.63, 3.8) is 0 Å². The number of rotatable bonds is 4. The molecular formula is C19H25N. The minimum absolute atomic E-state index is 0.0312. The predicted octanol–water partition coefficient (Wildman–Crippen LogP) is 4.48. The number of benzene rings is 2. The Balaban J connectivity index is 2.51. The molecule has 0 saturated carbocycles. The summed E-state index contributed by atoms with van der Waals surface area (Å²) in [6, 6.07) is 13.1. The lowest BCUT2D eigenvalue weighted by atomic mass is 9.89. The summed E-state index contributed by atoms with van der Waals surface area (Å²) in [7, 11) is 0. The smallest absolute Gasteiger partial charge is 0.0557 e. The predicted molar refractivity (Wildman–Crippen MR) is 87.1 cm³/mol. The molecule has 1 heteroatoms. The molecule has 1 nitrogen and oxygen atoms in total. The minimum atomic E-state index is -0.0312. The summed E-state index contributed by atoms with van der Waals surface area (Å²) in [5.74, 6) is 0. The van der Waals surface area contributed by atoms with E-state index in [0.29, 0.717) is 0 Å². The van der Waals surface area contributed by atoms with Gasteiger partial charge in [0.15, 0.2) is 0 Å². The lowest BCUT2D eigenvalue weighted by molar-refractivity contribution is 0.835. The van der Waals surface area contributed by atoms with Gasteiger partial charge in [-0.2, -0.15) is 0 Å². The van der Waals surface area contributed by atoms with Crippen LogP contribution in [0.2, 0.25) is 0 Å². The zero-order valence-corrected chi connectivity index (χ0v) is 13.0. The van der Waals surface area contributed by atoms with Gasteiger partial charge in [0.1, 0.15) is 0 Å². The summed E-state index contributed by atoms with van der Waals surface area (Å²) in [6.45, 7) is 8.70. The van der Waals surface area contributed by atoms with Crippen LogP contribution in [0, 0.1) is 13.8 Å². The third kappa shape index (κ3) is 2.78. The Kier molecular flexibility index (Phi) is 4.61. The van der Waals surface area contributed by atoms with E-state index in [1.807, 2.05) is 0 Å². The standard InChI is InChI=1S/C19H25N/c1-5-15-10-11-16(6-2)18(12-15)19(20)17-9-7-8-13(3)14(17)4/h7-12,19H,5-6,20H2,1-4H3. The molecule has 2 N–H and O–H groups in total. The number of hydrogen-bond donors (Lipinski definition) is 1. The van der Waals surface area contributed by atoms with E-state index < -0.39 is 0 Å². The molecule has 0 aliphatic rings. The van der Waals surface area contributed by atoms with Crippen LogP contribution in [0.25, 0.3) is 0 Å². The van der Waals surface area contributed by atoms with E-state index in [-0.39, 0.29) is 6.04 Å². The van der Waals surface area contributed by atoms with Crippen LogP contribution in [-0.4, -0.2) is 0 Å². The van der Waals surface area contributed by atoms with Crippen molar-refractivity contribution in [2.75, 3.05) is 0 Å². The lowest BCUT2D eigenvalue weighted by Gasteiger charge is -2.20. The Bertz CT molecular complexity index is 599. The second-order valence-corrected chi connectivity index (χ2v) is 5.51. The number of hydrogen-bond acceptors (Lipinski definition) is 1. The van der Waals surface area contributed by atoms with Crippen molar-refractivity contribution in [1.82, 2.24) is 0 Å². The summed E-state index contributed by atoms with van der Waals surface area (Å²) in [4.78, 5) is 0. The lowest BCUT2D eigenvalue weighted by Crippen LogP contribution is -2.16. The van der Waals surface area contributed by atoms with Gasteiger partial charge in [-0.1, -0.05) is 50.2 Å². The largest absolute Gasteiger partial charge is 0.320 e. The first-order valence-electron chi connectivity index (χ1n) is 7.51. The van der Waals surface area contributed by atoms with Crippen molar-refractivity contribution in [3.8, 4) is 0 Å². The van der Waals surface area contributed by atoms with Gasteiger partial charge >= 0.3 is 0 Å². The first-order valence-corrected chi connectivity index (χ1v) is 7.51. The van der Waals surface area contributed by atoms with E-state index in [4.69, 9.17) is 5.73 Å². The topological polar surface area (TPSA) is 26.0 Å². The first kappa shape index (κ1) is 14.8. The molecule has 0 heterocycles. The van der Waals surface area contributed by atoms with Gasteiger partial charge in [0.2, 0.25) is 0 Å². The Morgan fingerprint density at radius 1 is 0.950 bits per heavy atom. The van der Waals surface area contributed by atoms with Crippen molar-refractivity contribution in [3.05, 3.63) is 69.8 Å². The molecule has 20 heavy (non-hydrogen) atoms. The molecule has 0 aromatic heterocycles. The SMILES string of the molecule is CCc1ccc(CC)c(C(N)c2cccc(C)c2C)c1. The van der Waals surface area contributed by atoms with Crippen molar-refractivity contribution in [2.45, 2.75) is 46.6 Å². The van der Waals surface area contributed by atoms with E-state index in [2.05, 4.69) is 64.1 Å². The summed E-state index contributed by atoms with van der Waals surface area (Å²) in [6.07, 6.45) is 2.08. The Hall–Kier alpha value is -1.60. The van der Waals surface area contributed by atoms with Crippen LogP contribution in [0.3, 0.4) is 0 Å². The van der Waals surface area contributed by atoms with E-state index in [0.717, 1.165) is 12.8 Å². The van der Waals surface area contributed by atoms with E-state index in [1.54, 1.807) is 0 Å². The molecule has 0 bridgehead atoms. The zero-order chi connectivity index (χ0) is 14.7. The third-order valence-corrected chi connectivity index (χ3v) is 4.32. The molecule has 0 saturated heterocycles. The molecule has 0 fully saturated rings. The maximum atomic E-state index is 6.59. The quantitative estimate of drug-likeness (QED) is 0.868. The minimum Gasteiger partial charge on any atom is -0.320 e. The van der Waals surface area contributed by atoms with Crippen molar-refractivity contribution in [2.24, 2.45) is 5.73 Å². The highest BCUT2D eigenvalue weighted by Gasteiger charge is 2.15. The van der Waals surface area contributed by atoms with Gasteiger partial charge in [-0.25, -0.2) is 0 Å². The van der Waals surface area contributed by atoms with Crippen molar-refractivity contribution in [1.29, 1.82) is 0 Å². The Morgan fingerprint density at radius 3 is 2.35 bits per heavy atom. The molecule has 106 valence electrons. The Labute approximate surface area is 122 Å². The molecule has 1 atom stereocenters. The highest BCUT2D eigenvalue weighted by atomic mass is 14.6. The molecule has 0 amide bonds. The fraction of sp³-hybridized carbons (Fsp3) is 0.368. The Morgan fingerprint density at radius 2 is 1.70 bits per heavy atom. The van der Waals surface area contributed by atoms with Crippen LogP contribution in [0.4, 0.5) is 0 Å². The van der Waals surface area contributed by atoms with Gasteiger partial charge < -0.3 is 5.73 Å². The van der Waals surface area contributed by atoms with Gasteiger partial charge in [-0.15, -0.1) is 0 Å². The van der Waals surface area contributed by atoms with E-state index >= 15 is 0 Å². The second-order valence-electron chi connectivity index (χ2n) is 5.51. The highest BCUT2D eigenvalue weighted by molar-refractivity contribution is 5.44. The summed E-state index contributed by atoms with van der Waals surface area (Å²) in [5, 5.41) is 0. The molecule has 0 aliphatic heterocycles. The first-order chi connectivity index (χ1) is 9.58. The van der Waals surface area contributed by atoms with Gasteiger partial charge in [-0.05, 0) is 60.1 Å². The van der Waals surface area contributed by atoms with Gasteiger partial charge in [0, 0.05) is 0 Å². The molecule has 0 spiro atoms. The van der Waals surface area contributed by atoms with Crippen LogP contribution < -0.4 is 5.73 Å². The van der Waals surface area contributed by atoms with Crippen LogP contribution in [0.5, 0.6) is 0 Å². The molecular weight excluding hydrogens is 242 g/mol. The van der Waals surface area contributed by atoms with Crippen LogP contribution in [0.1, 0.15) is 53.3 Å². The summed E-state index contributed by atoms with van der Waals surface area (Å²) < 4.78 is 0. The van der Waals surface area contributed by atoms with Crippen molar-refractivity contribution >= 4 is 0 Å².